The molecule has 0 unspecified atom stereocenters. The maximum absolute atomic E-state index is 2.55. The van der Waals surface area contributed by atoms with Crippen molar-refractivity contribution in [2.75, 3.05) is 0 Å². The Labute approximate surface area is 181 Å². The van der Waals surface area contributed by atoms with Crippen LogP contribution in [0.25, 0.3) is 0 Å². The van der Waals surface area contributed by atoms with E-state index in [1.165, 1.54) is 15.9 Å². The fraction of sp³-hybridized carbons (Fsp3) is 0.308. The Morgan fingerprint density at radius 2 is 0.714 bits per heavy atom. The SMILES string of the molecule is CC1(C)C(C)(C)C1(C)[P+](c1ccccc1)(c1ccccc1)c1ccccc1.[Br-]. The Morgan fingerprint density at radius 1 is 0.464 bits per heavy atom. The zero-order valence-corrected chi connectivity index (χ0v) is 20.0. The molecule has 4 rings (SSSR count). The Balaban J connectivity index is 0.00000225. The molecule has 0 aromatic heterocycles. The van der Waals surface area contributed by atoms with Crippen LogP contribution in [0.2, 0.25) is 0 Å². The molecule has 0 N–H and O–H groups in total. The third-order valence-electron chi connectivity index (χ3n) is 8.04. The summed E-state index contributed by atoms with van der Waals surface area (Å²) in [4.78, 5) is 0. The summed E-state index contributed by atoms with van der Waals surface area (Å²) >= 11 is 0. The van der Waals surface area contributed by atoms with Crippen molar-refractivity contribution < 1.29 is 17.0 Å². The molecule has 3 aromatic rings. The molecule has 1 fully saturated rings. The molecule has 0 amide bonds. The first-order chi connectivity index (χ1) is 12.8. The first-order valence-corrected chi connectivity index (χ1v) is 11.7. The van der Waals surface area contributed by atoms with Gasteiger partial charge >= 0.3 is 0 Å². The van der Waals surface area contributed by atoms with Gasteiger partial charge in [-0.2, -0.15) is 0 Å². The first-order valence-electron chi connectivity index (χ1n) is 9.88. The van der Waals surface area contributed by atoms with Crippen molar-refractivity contribution in [3.05, 3.63) is 91.0 Å². The van der Waals surface area contributed by atoms with Gasteiger partial charge in [-0.15, -0.1) is 0 Å². The summed E-state index contributed by atoms with van der Waals surface area (Å²) in [6.07, 6.45) is 0. The summed E-state index contributed by atoms with van der Waals surface area (Å²) < 4.78 is 0. The van der Waals surface area contributed by atoms with Gasteiger partial charge in [-0.3, -0.25) is 0 Å². The zero-order chi connectivity index (χ0) is 19.3. The van der Waals surface area contributed by atoms with Gasteiger partial charge in [0.05, 0.1) is 0 Å². The Bertz CT molecular complexity index is 819. The third kappa shape index (κ3) is 2.45. The molecule has 1 saturated carbocycles. The van der Waals surface area contributed by atoms with Crippen LogP contribution >= 0.6 is 7.26 Å². The van der Waals surface area contributed by atoms with Crippen molar-refractivity contribution in [3.8, 4) is 0 Å². The summed E-state index contributed by atoms with van der Waals surface area (Å²) in [5.41, 5.74) is 0.491. The Kier molecular flexibility index (Phi) is 5.41. The van der Waals surface area contributed by atoms with Crippen molar-refractivity contribution in [1.29, 1.82) is 0 Å². The minimum Gasteiger partial charge on any atom is -1.00 e. The second kappa shape index (κ2) is 7.12. The highest BCUT2D eigenvalue weighted by Crippen LogP contribution is 2.90. The summed E-state index contributed by atoms with van der Waals surface area (Å²) in [7, 11) is -1.87. The standard InChI is InChI=1S/C26H30P.BrH/c1-24(2)25(3,4)26(24,5)27(21-15-9-6-10-16-21,22-17-11-7-12-18-22)23-19-13-8-14-20-23;/h6-20H,1-5H3;1H/q+1;/p-1. The number of halogens is 1. The van der Waals surface area contributed by atoms with Crippen LogP contribution in [0.5, 0.6) is 0 Å². The second-order valence-electron chi connectivity index (χ2n) is 9.00. The fourth-order valence-electron chi connectivity index (χ4n) is 5.58. The number of hydrogen-bond acceptors (Lipinski definition) is 0. The summed E-state index contributed by atoms with van der Waals surface area (Å²) in [6.45, 7) is 12.4. The molecule has 0 radical (unpaired) electrons. The molecule has 1 aliphatic carbocycles. The molecule has 1 aliphatic rings. The van der Waals surface area contributed by atoms with Gasteiger partial charge in [0, 0.05) is 10.8 Å². The molecular formula is C26H30BrP. The van der Waals surface area contributed by atoms with Gasteiger partial charge in [-0.05, 0) is 43.3 Å². The van der Waals surface area contributed by atoms with Crippen LogP contribution in [0.3, 0.4) is 0 Å². The predicted octanol–water partition coefficient (Wildman–Crippen LogP) is 2.81. The van der Waals surface area contributed by atoms with Crippen LogP contribution in [-0.2, 0) is 0 Å². The fourth-order valence-corrected chi connectivity index (χ4v) is 12.1. The lowest BCUT2D eigenvalue weighted by molar-refractivity contribution is -0.00000568. The van der Waals surface area contributed by atoms with Crippen LogP contribution in [0.1, 0.15) is 34.6 Å². The molecule has 2 heteroatoms. The number of hydrogen-bond donors (Lipinski definition) is 0. The highest BCUT2D eigenvalue weighted by Gasteiger charge is 2.88. The van der Waals surface area contributed by atoms with E-state index in [0.717, 1.165) is 0 Å². The average molecular weight is 453 g/mol. The summed E-state index contributed by atoms with van der Waals surface area (Å²) in [5.74, 6) is 0. The van der Waals surface area contributed by atoms with Gasteiger partial charge in [-0.1, -0.05) is 82.3 Å². The van der Waals surface area contributed by atoms with Crippen LogP contribution in [0, 0.1) is 10.8 Å². The molecule has 0 atom stereocenters. The van der Waals surface area contributed by atoms with Crippen LogP contribution in [-0.4, -0.2) is 5.16 Å². The molecule has 0 nitrogen and oxygen atoms in total. The van der Waals surface area contributed by atoms with E-state index in [0.29, 0.717) is 0 Å². The van der Waals surface area contributed by atoms with E-state index >= 15 is 0 Å². The van der Waals surface area contributed by atoms with Crippen molar-refractivity contribution in [2.45, 2.75) is 39.8 Å². The molecule has 0 spiro atoms. The molecule has 146 valence electrons. The van der Waals surface area contributed by atoms with E-state index in [9.17, 15) is 0 Å². The lowest BCUT2D eigenvalue weighted by atomic mass is 10.0. The minimum atomic E-state index is -1.87. The van der Waals surface area contributed by atoms with Crippen molar-refractivity contribution in [1.82, 2.24) is 0 Å². The number of rotatable bonds is 4. The lowest BCUT2D eigenvalue weighted by Crippen LogP contribution is -3.00. The van der Waals surface area contributed by atoms with Crippen molar-refractivity contribution in [2.24, 2.45) is 10.8 Å². The molecule has 0 heterocycles. The van der Waals surface area contributed by atoms with Crippen LogP contribution in [0.15, 0.2) is 91.0 Å². The van der Waals surface area contributed by atoms with Crippen LogP contribution < -0.4 is 32.9 Å². The Morgan fingerprint density at radius 3 is 0.929 bits per heavy atom. The topological polar surface area (TPSA) is 0 Å². The van der Waals surface area contributed by atoms with Gasteiger partial charge < -0.3 is 17.0 Å². The Hall–Kier alpha value is -1.43. The second-order valence-corrected chi connectivity index (χ2v) is 12.8. The summed E-state index contributed by atoms with van der Waals surface area (Å²) in [6, 6.07) is 33.9. The highest BCUT2D eigenvalue weighted by molar-refractivity contribution is 7.97. The maximum atomic E-state index is 2.55. The van der Waals surface area contributed by atoms with E-state index in [-0.39, 0.29) is 33.0 Å². The van der Waals surface area contributed by atoms with E-state index in [2.05, 4.69) is 126 Å². The van der Waals surface area contributed by atoms with E-state index in [1.54, 1.807) is 0 Å². The first kappa shape index (κ1) is 21.3. The molecule has 0 saturated heterocycles. The minimum absolute atomic E-state index is 0. The third-order valence-corrected chi connectivity index (χ3v) is 13.7. The van der Waals surface area contributed by atoms with E-state index in [1.807, 2.05) is 0 Å². The lowest BCUT2D eigenvalue weighted by Gasteiger charge is -2.36. The zero-order valence-electron chi connectivity index (χ0n) is 17.5. The molecular weight excluding hydrogens is 423 g/mol. The largest absolute Gasteiger partial charge is 1.00 e. The van der Waals surface area contributed by atoms with Gasteiger partial charge in [-0.25, -0.2) is 0 Å². The van der Waals surface area contributed by atoms with Gasteiger partial charge in [0.25, 0.3) is 0 Å². The predicted molar refractivity (Wildman–Crippen MR) is 121 cm³/mol. The van der Waals surface area contributed by atoms with Crippen LogP contribution in [0.4, 0.5) is 0 Å². The van der Waals surface area contributed by atoms with Gasteiger partial charge in [0.2, 0.25) is 0 Å². The van der Waals surface area contributed by atoms with Gasteiger partial charge in [0.15, 0.2) is 0 Å². The smallest absolute Gasteiger partial charge is 0.118 e. The average Bonchev–Trinajstić information content (AvgIpc) is 3.02. The van der Waals surface area contributed by atoms with Gasteiger partial charge in [0.1, 0.15) is 28.3 Å². The number of benzene rings is 3. The van der Waals surface area contributed by atoms with E-state index < -0.39 is 7.26 Å². The van der Waals surface area contributed by atoms with E-state index in [4.69, 9.17) is 0 Å². The normalized spacial score (nSPS) is 18.8. The maximum Gasteiger partial charge on any atom is 0.118 e. The van der Waals surface area contributed by atoms with Crippen molar-refractivity contribution >= 4 is 23.2 Å². The highest BCUT2D eigenvalue weighted by atomic mass is 79.9. The molecule has 28 heavy (non-hydrogen) atoms. The van der Waals surface area contributed by atoms with Crippen molar-refractivity contribution in [3.63, 3.8) is 0 Å². The molecule has 3 aromatic carbocycles. The summed E-state index contributed by atoms with van der Waals surface area (Å²) in [5, 5.41) is 4.65. The molecule has 0 bridgehead atoms. The monoisotopic (exact) mass is 452 g/mol. The molecule has 0 aliphatic heterocycles. The quantitative estimate of drug-likeness (QED) is 0.534.